The Hall–Kier alpha value is -0.650. The molecule has 0 radical (unpaired) electrons. The maximum absolute atomic E-state index is 12.6. The van der Waals surface area contributed by atoms with Crippen molar-refractivity contribution < 1.29 is 4.79 Å². The zero-order chi connectivity index (χ0) is 16.2. The standard InChI is InChI=1S/C18H34N4O/c1-15-3-5-16(6-4-15)20(2)18(23)14-21-9-11-22(12-10-21)17-7-8-19-13-17/h15-17,19H,3-14H2,1-2H3. The smallest absolute Gasteiger partial charge is 0.236 e. The molecule has 1 atom stereocenters. The molecule has 5 heteroatoms. The lowest BCUT2D eigenvalue weighted by molar-refractivity contribution is -0.134. The first kappa shape index (κ1) is 17.2. The van der Waals surface area contributed by atoms with Gasteiger partial charge in [0.2, 0.25) is 5.91 Å². The van der Waals surface area contributed by atoms with Crippen LogP contribution >= 0.6 is 0 Å². The Morgan fingerprint density at radius 2 is 1.78 bits per heavy atom. The molecular weight excluding hydrogens is 288 g/mol. The van der Waals surface area contributed by atoms with Crippen LogP contribution in [0.2, 0.25) is 0 Å². The maximum Gasteiger partial charge on any atom is 0.236 e. The van der Waals surface area contributed by atoms with Gasteiger partial charge in [0.1, 0.15) is 0 Å². The lowest BCUT2D eigenvalue weighted by Crippen LogP contribution is -2.53. The van der Waals surface area contributed by atoms with Gasteiger partial charge in [-0.1, -0.05) is 6.92 Å². The molecule has 0 spiro atoms. The van der Waals surface area contributed by atoms with Crippen LogP contribution in [0.3, 0.4) is 0 Å². The molecule has 0 aromatic heterocycles. The second kappa shape index (κ2) is 7.95. The van der Waals surface area contributed by atoms with E-state index >= 15 is 0 Å². The van der Waals surface area contributed by atoms with Gasteiger partial charge in [-0.3, -0.25) is 14.6 Å². The van der Waals surface area contributed by atoms with Gasteiger partial charge in [0.15, 0.2) is 0 Å². The van der Waals surface area contributed by atoms with Gasteiger partial charge in [0.25, 0.3) is 0 Å². The molecule has 0 bridgehead atoms. The van der Waals surface area contributed by atoms with E-state index in [9.17, 15) is 4.79 Å². The van der Waals surface area contributed by atoms with Crippen LogP contribution in [-0.2, 0) is 4.79 Å². The van der Waals surface area contributed by atoms with Crippen molar-refractivity contribution in [2.75, 3.05) is 52.9 Å². The summed E-state index contributed by atoms with van der Waals surface area (Å²) < 4.78 is 0. The average molecular weight is 322 g/mol. The molecule has 3 fully saturated rings. The summed E-state index contributed by atoms with van der Waals surface area (Å²) in [4.78, 5) is 19.6. The summed E-state index contributed by atoms with van der Waals surface area (Å²) in [5.74, 6) is 1.16. The summed E-state index contributed by atoms with van der Waals surface area (Å²) in [7, 11) is 2.02. The molecule has 5 nitrogen and oxygen atoms in total. The highest BCUT2D eigenvalue weighted by atomic mass is 16.2. The minimum atomic E-state index is 0.320. The molecule has 0 aromatic rings. The van der Waals surface area contributed by atoms with Crippen molar-refractivity contribution in [1.82, 2.24) is 20.0 Å². The van der Waals surface area contributed by atoms with Crippen molar-refractivity contribution in [3.8, 4) is 0 Å². The van der Waals surface area contributed by atoms with Crippen LogP contribution in [0.4, 0.5) is 0 Å². The third-order valence-electron chi connectivity index (χ3n) is 6.24. The first-order valence-electron chi connectivity index (χ1n) is 9.56. The van der Waals surface area contributed by atoms with Crippen LogP contribution in [0.1, 0.15) is 39.0 Å². The Bertz CT molecular complexity index is 380. The Labute approximate surface area is 141 Å². The van der Waals surface area contributed by atoms with E-state index in [0.29, 0.717) is 18.5 Å². The van der Waals surface area contributed by atoms with Crippen molar-refractivity contribution in [1.29, 1.82) is 0 Å². The molecule has 1 aliphatic carbocycles. The summed E-state index contributed by atoms with van der Waals surface area (Å²) >= 11 is 0. The predicted octanol–water partition coefficient (Wildman–Crippen LogP) is 1.00. The monoisotopic (exact) mass is 322 g/mol. The fraction of sp³-hybridized carbons (Fsp3) is 0.944. The van der Waals surface area contributed by atoms with Crippen LogP contribution in [-0.4, -0.2) is 85.6 Å². The van der Waals surface area contributed by atoms with Gasteiger partial charge in [0.05, 0.1) is 6.54 Å². The molecule has 2 aliphatic heterocycles. The highest BCUT2D eigenvalue weighted by Gasteiger charge is 2.29. The molecule has 1 N–H and O–H groups in total. The van der Waals surface area contributed by atoms with Gasteiger partial charge in [-0.25, -0.2) is 0 Å². The zero-order valence-corrected chi connectivity index (χ0v) is 15.0. The van der Waals surface area contributed by atoms with Crippen molar-refractivity contribution in [2.45, 2.75) is 51.1 Å². The van der Waals surface area contributed by atoms with Gasteiger partial charge in [-0.2, -0.15) is 0 Å². The van der Waals surface area contributed by atoms with Crippen molar-refractivity contribution in [2.24, 2.45) is 5.92 Å². The molecule has 3 rings (SSSR count). The maximum atomic E-state index is 12.6. The number of likely N-dealkylation sites (N-methyl/N-ethyl adjacent to an activating group) is 1. The minimum Gasteiger partial charge on any atom is -0.342 e. The van der Waals surface area contributed by atoms with Crippen molar-refractivity contribution in [3.63, 3.8) is 0 Å². The number of carbonyl (C=O) groups excluding carboxylic acids is 1. The van der Waals surface area contributed by atoms with Gasteiger partial charge in [-0.05, 0) is 44.6 Å². The first-order valence-corrected chi connectivity index (χ1v) is 9.56. The molecule has 3 aliphatic rings. The van der Waals surface area contributed by atoms with Crippen LogP contribution in [0.15, 0.2) is 0 Å². The van der Waals surface area contributed by atoms with Crippen molar-refractivity contribution >= 4 is 5.91 Å². The number of hydrogen-bond donors (Lipinski definition) is 1. The largest absolute Gasteiger partial charge is 0.342 e. The number of nitrogens with zero attached hydrogens (tertiary/aromatic N) is 3. The highest BCUT2D eigenvalue weighted by Crippen LogP contribution is 2.26. The third kappa shape index (κ3) is 4.46. The van der Waals surface area contributed by atoms with E-state index < -0.39 is 0 Å². The van der Waals surface area contributed by atoms with Crippen LogP contribution < -0.4 is 5.32 Å². The van der Waals surface area contributed by atoms with Crippen molar-refractivity contribution in [3.05, 3.63) is 0 Å². The summed E-state index contributed by atoms with van der Waals surface area (Å²) in [6, 6.07) is 1.20. The second-order valence-electron chi connectivity index (χ2n) is 7.88. The van der Waals surface area contributed by atoms with Crippen LogP contribution in [0, 0.1) is 5.92 Å². The molecule has 1 saturated carbocycles. The minimum absolute atomic E-state index is 0.320. The topological polar surface area (TPSA) is 38.8 Å². The fourth-order valence-corrected chi connectivity index (χ4v) is 4.37. The van der Waals surface area contributed by atoms with Gasteiger partial charge in [0, 0.05) is 51.9 Å². The Kier molecular flexibility index (Phi) is 5.94. The van der Waals surface area contributed by atoms with E-state index in [1.807, 2.05) is 11.9 Å². The molecule has 2 heterocycles. The average Bonchev–Trinajstić information content (AvgIpc) is 3.10. The molecular formula is C18H34N4O. The van der Waals surface area contributed by atoms with Gasteiger partial charge >= 0.3 is 0 Å². The molecule has 2 saturated heterocycles. The number of rotatable bonds is 4. The number of carbonyl (C=O) groups is 1. The third-order valence-corrected chi connectivity index (χ3v) is 6.24. The zero-order valence-electron chi connectivity index (χ0n) is 15.0. The van der Waals surface area contributed by atoms with E-state index in [1.165, 1.54) is 32.1 Å². The van der Waals surface area contributed by atoms with E-state index in [0.717, 1.165) is 51.2 Å². The second-order valence-corrected chi connectivity index (χ2v) is 7.88. The molecule has 1 unspecified atom stereocenters. The summed E-state index contributed by atoms with van der Waals surface area (Å²) in [6.45, 7) is 9.55. The van der Waals surface area contributed by atoms with Crippen LogP contribution in [0.25, 0.3) is 0 Å². The lowest BCUT2D eigenvalue weighted by atomic mass is 9.87. The number of amides is 1. The lowest BCUT2D eigenvalue weighted by Gasteiger charge is -2.39. The van der Waals surface area contributed by atoms with E-state index in [4.69, 9.17) is 0 Å². The molecule has 132 valence electrons. The predicted molar refractivity (Wildman–Crippen MR) is 93.5 cm³/mol. The van der Waals surface area contributed by atoms with Gasteiger partial charge in [-0.15, -0.1) is 0 Å². The SMILES string of the molecule is CC1CCC(N(C)C(=O)CN2CCN(C3CCNC3)CC2)CC1. The first-order chi connectivity index (χ1) is 11.1. The van der Waals surface area contributed by atoms with E-state index in [2.05, 4.69) is 22.0 Å². The Morgan fingerprint density at radius 1 is 1.09 bits per heavy atom. The van der Waals surface area contributed by atoms with Gasteiger partial charge < -0.3 is 10.2 Å². The molecule has 23 heavy (non-hydrogen) atoms. The number of nitrogens with one attached hydrogen (secondary N) is 1. The molecule has 0 aromatic carbocycles. The van der Waals surface area contributed by atoms with E-state index in [-0.39, 0.29) is 0 Å². The Morgan fingerprint density at radius 3 is 2.39 bits per heavy atom. The fourth-order valence-electron chi connectivity index (χ4n) is 4.37. The molecule has 1 amide bonds. The van der Waals surface area contributed by atoms with E-state index in [1.54, 1.807) is 0 Å². The number of piperazine rings is 1. The summed E-state index contributed by atoms with van der Waals surface area (Å²) in [5.41, 5.74) is 0. The highest BCUT2D eigenvalue weighted by molar-refractivity contribution is 5.78. The Balaban J connectivity index is 1.40. The summed E-state index contributed by atoms with van der Waals surface area (Å²) in [6.07, 6.45) is 6.20. The van der Waals surface area contributed by atoms with Crippen LogP contribution in [0.5, 0.6) is 0 Å². The normalized spacial score (nSPS) is 33.7. The quantitative estimate of drug-likeness (QED) is 0.838. The summed E-state index contributed by atoms with van der Waals surface area (Å²) in [5, 5.41) is 3.45. The number of hydrogen-bond acceptors (Lipinski definition) is 4.